The van der Waals surface area contributed by atoms with Crippen LogP contribution in [0.4, 0.5) is 0 Å². The van der Waals surface area contributed by atoms with Gasteiger partial charge in [-0.15, -0.1) is 11.3 Å². The van der Waals surface area contributed by atoms with E-state index in [0.29, 0.717) is 0 Å². The molecule has 0 saturated carbocycles. The average Bonchev–Trinajstić information content (AvgIpc) is 3.71. The minimum Gasteiger partial charge on any atom is -0.228 e. The first kappa shape index (κ1) is 29.7. The van der Waals surface area contributed by atoms with Gasteiger partial charge in [0, 0.05) is 42.3 Å². The molecule has 3 heteroatoms. The van der Waals surface area contributed by atoms with Crippen LogP contribution in [-0.2, 0) is 5.41 Å². The molecular weight excluding hydrogens is 637 g/mol. The van der Waals surface area contributed by atoms with Crippen molar-refractivity contribution in [2.45, 2.75) is 12.3 Å². The summed E-state index contributed by atoms with van der Waals surface area (Å²) in [5.41, 5.74) is 13.5. The van der Waals surface area contributed by atoms with Gasteiger partial charge < -0.3 is 0 Å². The van der Waals surface area contributed by atoms with E-state index in [1.165, 1.54) is 59.1 Å². The predicted octanol–water partition coefficient (Wildman–Crippen LogP) is 12.8. The van der Waals surface area contributed by atoms with Crippen molar-refractivity contribution in [3.05, 3.63) is 193 Å². The second kappa shape index (κ2) is 11.7. The van der Waals surface area contributed by atoms with Gasteiger partial charge in [0.15, 0.2) is 5.82 Å². The van der Waals surface area contributed by atoms with E-state index in [0.717, 1.165) is 33.9 Å². The second-order valence-electron chi connectivity index (χ2n) is 13.5. The Bertz CT molecular complexity index is 2760. The van der Waals surface area contributed by atoms with Crippen LogP contribution in [0.2, 0.25) is 0 Å². The molecule has 2 heterocycles. The highest BCUT2D eigenvalue weighted by Crippen LogP contribution is 2.53. The molecule has 9 aromatic rings. The van der Waals surface area contributed by atoms with Crippen molar-refractivity contribution < 1.29 is 0 Å². The highest BCUT2D eigenvalue weighted by molar-refractivity contribution is 7.25. The lowest BCUT2D eigenvalue weighted by Gasteiger charge is -2.28. The zero-order valence-corrected chi connectivity index (χ0v) is 28.9. The number of nitrogens with zero attached hydrogens (tertiary/aromatic N) is 2. The van der Waals surface area contributed by atoms with Crippen LogP contribution in [0.15, 0.2) is 176 Å². The average molecular weight is 669 g/mol. The molecule has 0 spiro atoms. The second-order valence-corrected chi connectivity index (χ2v) is 14.6. The first-order valence-corrected chi connectivity index (χ1v) is 18.2. The Balaban J connectivity index is 1.12. The zero-order chi connectivity index (χ0) is 33.9. The van der Waals surface area contributed by atoms with Crippen molar-refractivity contribution in [2.75, 3.05) is 0 Å². The number of aromatic nitrogens is 2. The number of hydrogen-bond acceptors (Lipinski definition) is 3. The van der Waals surface area contributed by atoms with E-state index in [-0.39, 0.29) is 5.41 Å². The summed E-state index contributed by atoms with van der Waals surface area (Å²) in [6.07, 6.45) is 0. The normalized spacial score (nSPS) is 14.8. The third-order valence-electron chi connectivity index (χ3n) is 10.6. The van der Waals surface area contributed by atoms with E-state index in [4.69, 9.17) is 9.97 Å². The molecule has 1 aliphatic rings. The molecule has 51 heavy (non-hydrogen) atoms. The Kier molecular flexibility index (Phi) is 6.83. The van der Waals surface area contributed by atoms with E-state index >= 15 is 0 Å². The highest BCUT2D eigenvalue weighted by Gasteiger charge is 2.40. The Morgan fingerprint density at radius 1 is 0.412 bits per heavy atom. The van der Waals surface area contributed by atoms with Crippen LogP contribution in [0.25, 0.3) is 76.3 Å². The molecule has 0 bridgehead atoms. The number of hydrogen-bond donors (Lipinski definition) is 0. The maximum absolute atomic E-state index is 5.22. The number of thiophene rings is 1. The van der Waals surface area contributed by atoms with Gasteiger partial charge in [-0.3, -0.25) is 0 Å². The topological polar surface area (TPSA) is 25.8 Å². The van der Waals surface area contributed by atoms with Gasteiger partial charge in [0.1, 0.15) is 0 Å². The molecule has 7 aromatic carbocycles. The van der Waals surface area contributed by atoms with Gasteiger partial charge in [-0.1, -0.05) is 146 Å². The van der Waals surface area contributed by atoms with Crippen molar-refractivity contribution in [3.63, 3.8) is 0 Å². The zero-order valence-electron chi connectivity index (χ0n) is 28.0. The van der Waals surface area contributed by atoms with Crippen LogP contribution in [0.1, 0.15) is 23.6 Å². The van der Waals surface area contributed by atoms with Gasteiger partial charge in [-0.25, -0.2) is 9.97 Å². The molecule has 1 aliphatic carbocycles. The molecule has 0 N–H and O–H groups in total. The van der Waals surface area contributed by atoms with Crippen molar-refractivity contribution in [1.82, 2.24) is 9.97 Å². The molecule has 0 fully saturated rings. The Hall–Kier alpha value is -6.16. The lowest BCUT2D eigenvalue weighted by molar-refractivity contribution is 0.714. The summed E-state index contributed by atoms with van der Waals surface area (Å²) in [4.78, 5) is 10.4. The summed E-state index contributed by atoms with van der Waals surface area (Å²) in [5, 5.41) is 2.63. The molecule has 2 aromatic heterocycles. The van der Waals surface area contributed by atoms with Crippen molar-refractivity contribution in [2.24, 2.45) is 0 Å². The van der Waals surface area contributed by atoms with E-state index in [9.17, 15) is 0 Å². The van der Waals surface area contributed by atoms with Crippen molar-refractivity contribution in [3.8, 4) is 56.2 Å². The van der Waals surface area contributed by atoms with Crippen LogP contribution in [-0.4, -0.2) is 9.97 Å². The molecular formula is C48H32N2S. The van der Waals surface area contributed by atoms with Gasteiger partial charge >= 0.3 is 0 Å². The molecule has 0 saturated heterocycles. The summed E-state index contributed by atoms with van der Waals surface area (Å²) in [5.74, 6) is 0.717. The van der Waals surface area contributed by atoms with Crippen LogP contribution in [0.3, 0.4) is 0 Å². The molecule has 1 atom stereocenters. The SMILES string of the molecule is CC1(c2ccccc2)c2ccccc2-c2ccc(-c3cc(-c4cccc(-c5ccc6c(c5)sc5ccccc56)c4)nc(-c4ccccc4)n3)cc21. The quantitative estimate of drug-likeness (QED) is 0.182. The fourth-order valence-corrected chi connectivity index (χ4v) is 9.10. The van der Waals surface area contributed by atoms with Crippen molar-refractivity contribution in [1.29, 1.82) is 0 Å². The maximum Gasteiger partial charge on any atom is 0.160 e. The minimum atomic E-state index is -0.287. The molecule has 0 aliphatic heterocycles. The highest BCUT2D eigenvalue weighted by atomic mass is 32.1. The fourth-order valence-electron chi connectivity index (χ4n) is 7.96. The van der Waals surface area contributed by atoms with Crippen LogP contribution >= 0.6 is 11.3 Å². The predicted molar refractivity (Wildman–Crippen MR) is 214 cm³/mol. The molecule has 1 unspecified atom stereocenters. The van der Waals surface area contributed by atoms with Crippen LogP contribution < -0.4 is 0 Å². The standard InChI is InChI=1S/C48H32N2S/c1-48(36-17-6-3-7-18-36)41-21-10-8-19-37(41)38-25-24-35(28-42(38)48)44-30-43(49-47(50-44)31-13-4-2-5-14-31)34-16-12-15-32(27-34)33-23-26-40-39-20-9-11-22-45(39)51-46(40)29-33/h2-30H,1H3. The summed E-state index contributed by atoms with van der Waals surface area (Å²) in [6, 6.07) is 63.3. The number of fused-ring (bicyclic) bond motifs is 6. The molecule has 2 nitrogen and oxygen atoms in total. The van der Waals surface area contributed by atoms with Crippen molar-refractivity contribution >= 4 is 31.5 Å². The fraction of sp³-hybridized carbons (Fsp3) is 0.0417. The van der Waals surface area contributed by atoms with Crippen LogP contribution in [0.5, 0.6) is 0 Å². The lowest BCUT2D eigenvalue weighted by Crippen LogP contribution is -2.22. The Morgan fingerprint density at radius 2 is 1.02 bits per heavy atom. The van der Waals surface area contributed by atoms with E-state index in [1.807, 2.05) is 29.5 Å². The minimum absolute atomic E-state index is 0.287. The number of benzene rings is 7. The maximum atomic E-state index is 5.22. The molecule has 10 rings (SSSR count). The largest absolute Gasteiger partial charge is 0.228 e. The Morgan fingerprint density at radius 3 is 1.86 bits per heavy atom. The molecule has 0 radical (unpaired) electrons. The van der Waals surface area contributed by atoms with Gasteiger partial charge in [0.2, 0.25) is 0 Å². The van der Waals surface area contributed by atoms with Gasteiger partial charge in [0.25, 0.3) is 0 Å². The Labute approximate surface area is 301 Å². The summed E-state index contributed by atoms with van der Waals surface area (Å²) >= 11 is 1.85. The summed E-state index contributed by atoms with van der Waals surface area (Å²) in [6.45, 7) is 2.36. The third kappa shape index (κ3) is 4.85. The number of rotatable bonds is 5. The van der Waals surface area contributed by atoms with Gasteiger partial charge in [-0.05, 0) is 76.2 Å². The first-order chi connectivity index (χ1) is 25.1. The molecule has 0 amide bonds. The van der Waals surface area contributed by atoms with Gasteiger partial charge in [0.05, 0.1) is 11.4 Å². The van der Waals surface area contributed by atoms with E-state index in [2.05, 4.69) is 165 Å². The monoisotopic (exact) mass is 668 g/mol. The lowest BCUT2D eigenvalue weighted by atomic mass is 9.74. The first-order valence-electron chi connectivity index (χ1n) is 17.4. The van der Waals surface area contributed by atoms with Crippen LogP contribution in [0, 0.1) is 0 Å². The summed E-state index contributed by atoms with van der Waals surface area (Å²) < 4.78 is 2.62. The summed E-state index contributed by atoms with van der Waals surface area (Å²) in [7, 11) is 0. The third-order valence-corrected chi connectivity index (χ3v) is 11.7. The smallest absolute Gasteiger partial charge is 0.160 e. The van der Waals surface area contributed by atoms with Gasteiger partial charge in [-0.2, -0.15) is 0 Å². The molecule has 240 valence electrons. The van der Waals surface area contributed by atoms with E-state index in [1.54, 1.807) is 0 Å². The van der Waals surface area contributed by atoms with E-state index < -0.39 is 0 Å².